The van der Waals surface area contributed by atoms with Crippen molar-refractivity contribution < 1.29 is 37.3 Å². The molecule has 5 aromatic rings. The summed E-state index contributed by atoms with van der Waals surface area (Å²) in [4.78, 5) is 16.3. The Kier molecular flexibility index (Phi) is 7.63. The first kappa shape index (κ1) is 29.2. The Morgan fingerprint density at radius 2 is 1.82 bits per heavy atom. The average Bonchev–Trinajstić information content (AvgIpc) is 3.35. The number of carbonyl (C=O) groups is 1. The molecule has 0 spiro atoms. The molecule has 0 aliphatic carbocycles. The van der Waals surface area contributed by atoms with Crippen LogP contribution in [-0.2, 0) is 24.1 Å². The smallest absolute Gasteiger partial charge is 0.335 e. The molecular formula is C34H26ClF3N2O5. The van der Waals surface area contributed by atoms with Crippen molar-refractivity contribution >= 4 is 28.6 Å². The lowest BCUT2D eigenvalue weighted by Crippen LogP contribution is -2.31. The lowest BCUT2D eigenvalue weighted by molar-refractivity contribution is -0.0590. The molecule has 1 unspecified atom stereocenters. The van der Waals surface area contributed by atoms with Crippen molar-refractivity contribution in [2.75, 3.05) is 13.2 Å². The summed E-state index contributed by atoms with van der Waals surface area (Å²) < 4.78 is 65.4. The molecule has 7 nitrogen and oxygen atoms in total. The van der Waals surface area contributed by atoms with Crippen molar-refractivity contribution in [1.29, 1.82) is 0 Å². The van der Waals surface area contributed by atoms with E-state index >= 15 is 8.78 Å². The van der Waals surface area contributed by atoms with Crippen LogP contribution in [0.4, 0.5) is 13.2 Å². The molecule has 1 N–H and O–H groups in total. The van der Waals surface area contributed by atoms with Crippen LogP contribution in [0.1, 0.15) is 39.8 Å². The lowest BCUT2D eigenvalue weighted by Gasteiger charge is -2.29. The number of aromatic nitrogens is 2. The molecule has 4 aromatic carbocycles. The van der Waals surface area contributed by atoms with Crippen LogP contribution in [0.25, 0.3) is 22.2 Å². The molecule has 2 atom stereocenters. The number of carboxylic acids is 1. The number of imidazole rings is 1. The van der Waals surface area contributed by atoms with E-state index in [1.807, 2.05) is 4.57 Å². The van der Waals surface area contributed by atoms with Crippen LogP contribution in [0.3, 0.4) is 0 Å². The maximum atomic E-state index is 15.7. The molecule has 230 valence electrons. The van der Waals surface area contributed by atoms with Crippen molar-refractivity contribution in [2.45, 2.75) is 38.0 Å². The number of para-hydroxylation sites is 1. The predicted octanol–water partition coefficient (Wildman–Crippen LogP) is 7.56. The minimum Gasteiger partial charge on any atom is -0.485 e. The Labute approximate surface area is 260 Å². The standard InChI is InChI=1S/C34H26ClF3N2O5/c35-20-6-7-23(27(38)14-20)31-17-44-30-3-1-2-22(33(30)45-31)24-15-25(36)18(12-26(24)37)5-9-32-39-28-8-4-19(34(41)42)13-29(28)40(32)16-21-10-11-43-21/h1-4,6-8,12-15,21,31H,5,9-11,16-17H2,(H,41,42)/t21-,31?/m0/s1. The molecular weight excluding hydrogens is 609 g/mol. The molecule has 2 aliphatic heterocycles. The van der Waals surface area contributed by atoms with E-state index in [1.54, 1.807) is 36.4 Å². The van der Waals surface area contributed by atoms with E-state index < -0.39 is 29.5 Å². The molecule has 0 saturated carbocycles. The molecule has 1 aromatic heterocycles. The highest BCUT2D eigenvalue weighted by molar-refractivity contribution is 6.30. The zero-order chi connectivity index (χ0) is 31.2. The van der Waals surface area contributed by atoms with Gasteiger partial charge in [0.25, 0.3) is 0 Å². The summed E-state index contributed by atoms with van der Waals surface area (Å²) in [6.07, 6.45) is 0.451. The molecule has 3 heterocycles. The summed E-state index contributed by atoms with van der Waals surface area (Å²) in [5.41, 5.74) is 2.03. The van der Waals surface area contributed by atoms with Crippen LogP contribution in [0, 0.1) is 17.5 Å². The number of carboxylic acid groups (broad SMARTS) is 1. The normalized spacial score (nSPS) is 17.3. The number of fused-ring (bicyclic) bond motifs is 2. The fourth-order valence-corrected chi connectivity index (χ4v) is 5.94. The third-order valence-electron chi connectivity index (χ3n) is 8.24. The maximum absolute atomic E-state index is 15.7. The van der Waals surface area contributed by atoms with Crippen LogP contribution < -0.4 is 9.47 Å². The van der Waals surface area contributed by atoms with Crippen LogP contribution in [0.2, 0.25) is 5.02 Å². The van der Waals surface area contributed by atoms with Crippen LogP contribution in [-0.4, -0.2) is 39.9 Å². The number of hydrogen-bond acceptors (Lipinski definition) is 5. The average molecular weight is 635 g/mol. The van der Waals surface area contributed by atoms with Gasteiger partial charge in [-0.2, -0.15) is 0 Å². The highest BCUT2D eigenvalue weighted by Crippen LogP contribution is 2.45. The Balaban J connectivity index is 1.17. The van der Waals surface area contributed by atoms with Gasteiger partial charge in [0.2, 0.25) is 0 Å². The molecule has 0 amide bonds. The fourth-order valence-electron chi connectivity index (χ4n) is 5.79. The summed E-state index contributed by atoms with van der Waals surface area (Å²) in [5.74, 6) is -1.74. The largest absolute Gasteiger partial charge is 0.485 e. The molecule has 11 heteroatoms. The van der Waals surface area contributed by atoms with E-state index in [0.717, 1.165) is 18.6 Å². The number of aromatic carboxylic acids is 1. The van der Waals surface area contributed by atoms with E-state index in [-0.39, 0.29) is 64.1 Å². The van der Waals surface area contributed by atoms with Crippen LogP contribution in [0.15, 0.2) is 66.7 Å². The van der Waals surface area contributed by atoms with Crippen molar-refractivity contribution in [3.63, 3.8) is 0 Å². The van der Waals surface area contributed by atoms with Gasteiger partial charge in [-0.15, -0.1) is 0 Å². The SMILES string of the molecule is O=C(O)c1ccc2nc(CCc3cc(F)c(-c4cccc5c4OC(c4ccc(Cl)cc4F)CO5)cc3F)n(C[C@@H]3CCO3)c2c1. The summed E-state index contributed by atoms with van der Waals surface area (Å²) in [6.45, 7) is 1.16. The van der Waals surface area contributed by atoms with Crippen molar-refractivity contribution in [1.82, 2.24) is 9.55 Å². The number of aryl methyl sites for hydroxylation is 2. The highest BCUT2D eigenvalue weighted by atomic mass is 35.5. The monoisotopic (exact) mass is 634 g/mol. The first-order chi connectivity index (χ1) is 21.7. The Morgan fingerprint density at radius 1 is 0.978 bits per heavy atom. The number of rotatable bonds is 8. The Morgan fingerprint density at radius 3 is 2.58 bits per heavy atom. The van der Waals surface area contributed by atoms with Crippen molar-refractivity contribution in [2.24, 2.45) is 0 Å². The minimum absolute atomic E-state index is 0.0236. The fraction of sp³-hybridized carbons (Fsp3) is 0.235. The van der Waals surface area contributed by atoms with Crippen LogP contribution >= 0.6 is 11.6 Å². The Hall–Kier alpha value is -4.54. The van der Waals surface area contributed by atoms with Gasteiger partial charge in [0, 0.05) is 34.7 Å². The van der Waals surface area contributed by atoms with Gasteiger partial charge < -0.3 is 23.9 Å². The van der Waals surface area contributed by atoms with Crippen molar-refractivity contribution in [3.05, 3.63) is 112 Å². The van der Waals surface area contributed by atoms with Crippen LogP contribution in [0.5, 0.6) is 11.5 Å². The van der Waals surface area contributed by atoms with Gasteiger partial charge in [-0.25, -0.2) is 22.9 Å². The second-order valence-electron chi connectivity index (χ2n) is 11.1. The third-order valence-corrected chi connectivity index (χ3v) is 8.47. The highest BCUT2D eigenvalue weighted by Gasteiger charge is 2.29. The molecule has 7 rings (SSSR count). The lowest BCUT2D eigenvalue weighted by atomic mass is 9.98. The Bertz CT molecular complexity index is 1960. The summed E-state index contributed by atoms with van der Waals surface area (Å²) in [6, 6.07) is 16.1. The van der Waals surface area contributed by atoms with Gasteiger partial charge >= 0.3 is 5.97 Å². The molecule has 0 radical (unpaired) electrons. The first-order valence-corrected chi connectivity index (χ1v) is 14.8. The zero-order valence-corrected chi connectivity index (χ0v) is 24.5. The predicted molar refractivity (Wildman–Crippen MR) is 161 cm³/mol. The molecule has 2 aliphatic rings. The molecule has 1 saturated heterocycles. The molecule has 0 bridgehead atoms. The van der Waals surface area contributed by atoms with E-state index in [9.17, 15) is 14.3 Å². The minimum atomic E-state index is -1.05. The summed E-state index contributed by atoms with van der Waals surface area (Å²) in [7, 11) is 0. The van der Waals surface area contributed by atoms with Gasteiger partial charge in [-0.1, -0.05) is 29.8 Å². The number of hydrogen-bond donors (Lipinski definition) is 1. The topological polar surface area (TPSA) is 82.8 Å². The second kappa shape index (κ2) is 11.8. The van der Waals surface area contributed by atoms with Gasteiger partial charge in [0.05, 0.1) is 29.2 Å². The van der Waals surface area contributed by atoms with E-state index in [2.05, 4.69) is 4.98 Å². The van der Waals surface area contributed by atoms with E-state index in [4.69, 9.17) is 25.8 Å². The zero-order valence-electron chi connectivity index (χ0n) is 23.7. The number of ether oxygens (including phenoxy) is 3. The number of nitrogens with zero attached hydrogens (tertiary/aromatic N) is 2. The molecule has 1 fully saturated rings. The van der Waals surface area contributed by atoms with Gasteiger partial charge in [-0.05, 0) is 66.9 Å². The molecule has 45 heavy (non-hydrogen) atoms. The van der Waals surface area contributed by atoms with Crippen molar-refractivity contribution in [3.8, 4) is 22.6 Å². The van der Waals surface area contributed by atoms with Gasteiger partial charge in [0.1, 0.15) is 29.9 Å². The van der Waals surface area contributed by atoms with E-state index in [1.165, 1.54) is 18.2 Å². The van der Waals surface area contributed by atoms with Gasteiger partial charge in [0.15, 0.2) is 17.6 Å². The quantitative estimate of drug-likeness (QED) is 0.190. The third kappa shape index (κ3) is 5.60. The van der Waals surface area contributed by atoms with Gasteiger partial charge in [-0.3, -0.25) is 0 Å². The number of halogens is 4. The summed E-state index contributed by atoms with van der Waals surface area (Å²) in [5, 5.41) is 9.72. The van der Waals surface area contributed by atoms with E-state index in [0.29, 0.717) is 35.8 Å². The maximum Gasteiger partial charge on any atom is 0.335 e. The summed E-state index contributed by atoms with van der Waals surface area (Å²) >= 11 is 5.90. The second-order valence-corrected chi connectivity index (χ2v) is 11.5. The number of benzene rings is 4. The first-order valence-electron chi connectivity index (χ1n) is 14.4.